The standard InChI is InChI=1S/C26H33F3N6O/c1-17(15-26(27,28)29)32-25-31-16-23-21(14-22(35(23)33-25)18-5-7-20(36)8-6-18)19-9-10-30-24(13-19)34-11-3-2-4-12-34/h9-10,13-14,16-18,20,36H,2-8,11-12,15H2,1H3,(H,32,33)/t17-,18?,20?/m0/s1. The van der Waals surface area contributed by atoms with Crippen LogP contribution in [0, 0.1) is 0 Å². The van der Waals surface area contributed by atoms with E-state index >= 15 is 0 Å². The van der Waals surface area contributed by atoms with Crippen LogP contribution in [0.3, 0.4) is 0 Å². The van der Waals surface area contributed by atoms with E-state index < -0.39 is 18.6 Å². The van der Waals surface area contributed by atoms with E-state index in [1.807, 2.05) is 16.8 Å². The third kappa shape index (κ3) is 5.58. The molecule has 1 aliphatic heterocycles. The van der Waals surface area contributed by atoms with Crippen molar-refractivity contribution < 1.29 is 18.3 Å². The number of hydrogen-bond donors (Lipinski definition) is 2. The lowest BCUT2D eigenvalue weighted by Crippen LogP contribution is -2.30. The molecule has 0 bridgehead atoms. The molecule has 1 aliphatic carbocycles. The van der Waals surface area contributed by atoms with Crippen molar-refractivity contribution in [1.29, 1.82) is 0 Å². The maximum atomic E-state index is 12.8. The molecule has 1 saturated carbocycles. The largest absolute Gasteiger partial charge is 0.393 e. The normalized spacial score (nSPS) is 22.1. The molecule has 5 rings (SSSR count). The van der Waals surface area contributed by atoms with Gasteiger partial charge in [-0.05, 0) is 75.6 Å². The number of piperidine rings is 1. The fourth-order valence-electron chi connectivity index (χ4n) is 5.48. The molecule has 0 spiro atoms. The molecule has 36 heavy (non-hydrogen) atoms. The van der Waals surface area contributed by atoms with E-state index in [9.17, 15) is 18.3 Å². The molecule has 1 atom stereocenters. The van der Waals surface area contributed by atoms with Crippen molar-refractivity contribution in [3.05, 3.63) is 36.3 Å². The van der Waals surface area contributed by atoms with Gasteiger partial charge in [0.05, 0.1) is 24.2 Å². The zero-order valence-electron chi connectivity index (χ0n) is 20.5. The molecule has 2 fully saturated rings. The summed E-state index contributed by atoms with van der Waals surface area (Å²) in [5, 5.41) is 17.5. The summed E-state index contributed by atoms with van der Waals surface area (Å²) in [5.74, 6) is 1.32. The summed E-state index contributed by atoms with van der Waals surface area (Å²) in [5.41, 5.74) is 3.80. The van der Waals surface area contributed by atoms with Crippen molar-refractivity contribution in [3.8, 4) is 11.1 Å². The molecule has 2 aliphatic rings. The predicted molar refractivity (Wildman–Crippen MR) is 133 cm³/mol. The number of halogens is 3. The van der Waals surface area contributed by atoms with Gasteiger partial charge in [0.1, 0.15) is 5.82 Å². The highest BCUT2D eigenvalue weighted by molar-refractivity contribution is 5.82. The second-order valence-electron chi connectivity index (χ2n) is 10.2. The summed E-state index contributed by atoms with van der Waals surface area (Å²) in [4.78, 5) is 11.3. The minimum absolute atomic E-state index is 0.169. The molecule has 0 aromatic carbocycles. The molecule has 0 radical (unpaired) electrons. The average Bonchev–Trinajstić information content (AvgIpc) is 3.23. The van der Waals surface area contributed by atoms with E-state index in [4.69, 9.17) is 0 Å². The molecule has 194 valence electrons. The van der Waals surface area contributed by atoms with Gasteiger partial charge in [-0.25, -0.2) is 14.5 Å². The van der Waals surface area contributed by atoms with Gasteiger partial charge in [0.2, 0.25) is 5.95 Å². The third-order valence-electron chi connectivity index (χ3n) is 7.31. The molecule has 2 N–H and O–H groups in total. The van der Waals surface area contributed by atoms with Crippen molar-refractivity contribution in [3.63, 3.8) is 0 Å². The number of anilines is 2. The quantitative estimate of drug-likeness (QED) is 0.460. The summed E-state index contributed by atoms with van der Waals surface area (Å²) in [6.45, 7) is 3.47. The third-order valence-corrected chi connectivity index (χ3v) is 7.31. The van der Waals surface area contributed by atoms with Crippen LogP contribution in [-0.4, -0.2) is 56.1 Å². The monoisotopic (exact) mass is 502 g/mol. The maximum absolute atomic E-state index is 12.8. The minimum atomic E-state index is -4.27. The second-order valence-corrected chi connectivity index (χ2v) is 10.2. The molecule has 0 amide bonds. The second kappa shape index (κ2) is 10.2. The van der Waals surface area contributed by atoms with Crippen LogP contribution < -0.4 is 10.2 Å². The van der Waals surface area contributed by atoms with Gasteiger partial charge >= 0.3 is 6.18 Å². The van der Waals surface area contributed by atoms with Crippen LogP contribution in [0.15, 0.2) is 30.6 Å². The van der Waals surface area contributed by atoms with E-state index in [1.165, 1.54) is 13.3 Å². The zero-order valence-corrected chi connectivity index (χ0v) is 20.5. The Morgan fingerprint density at radius 1 is 1.08 bits per heavy atom. The maximum Gasteiger partial charge on any atom is 0.391 e. The highest BCUT2D eigenvalue weighted by Gasteiger charge is 2.31. The first kappa shape index (κ1) is 24.8. The van der Waals surface area contributed by atoms with E-state index in [-0.39, 0.29) is 18.0 Å². The number of fused-ring (bicyclic) bond motifs is 1. The van der Waals surface area contributed by atoms with Gasteiger partial charge in [-0.3, -0.25) is 0 Å². The number of nitrogens with one attached hydrogen (secondary N) is 1. The molecular weight excluding hydrogens is 469 g/mol. The van der Waals surface area contributed by atoms with Gasteiger partial charge in [-0.15, -0.1) is 5.10 Å². The van der Waals surface area contributed by atoms with Crippen molar-refractivity contribution in [2.24, 2.45) is 0 Å². The topological polar surface area (TPSA) is 78.6 Å². The highest BCUT2D eigenvalue weighted by Crippen LogP contribution is 2.38. The summed E-state index contributed by atoms with van der Waals surface area (Å²) in [6.07, 6.45) is 4.68. The number of hydrogen-bond acceptors (Lipinski definition) is 6. The van der Waals surface area contributed by atoms with Crippen LogP contribution >= 0.6 is 0 Å². The van der Waals surface area contributed by atoms with E-state index in [2.05, 4.69) is 37.4 Å². The zero-order chi connectivity index (χ0) is 25.3. The minimum Gasteiger partial charge on any atom is -0.393 e. The number of alkyl halides is 3. The number of aromatic nitrogens is 4. The van der Waals surface area contributed by atoms with E-state index in [1.54, 1.807) is 6.20 Å². The summed E-state index contributed by atoms with van der Waals surface area (Å²) in [7, 11) is 0. The molecular formula is C26H33F3N6O. The molecule has 1 saturated heterocycles. The van der Waals surface area contributed by atoms with Crippen molar-refractivity contribution in [1.82, 2.24) is 19.6 Å². The highest BCUT2D eigenvalue weighted by atomic mass is 19.4. The van der Waals surface area contributed by atoms with Crippen LogP contribution in [0.1, 0.15) is 69.9 Å². The van der Waals surface area contributed by atoms with Gasteiger partial charge in [0.15, 0.2) is 0 Å². The smallest absolute Gasteiger partial charge is 0.391 e. The summed E-state index contributed by atoms with van der Waals surface area (Å²) < 4.78 is 40.4. The number of nitrogens with zero attached hydrogens (tertiary/aromatic N) is 5. The molecule has 4 heterocycles. The fraction of sp³-hybridized carbons (Fsp3) is 0.577. The van der Waals surface area contributed by atoms with Crippen molar-refractivity contribution in [2.45, 2.75) is 82.5 Å². The Morgan fingerprint density at radius 3 is 2.56 bits per heavy atom. The van der Waals surface area contributed by atoms with Crippen LogP contribution in [0.5, 0.6) is 0 Å². The van der Waals surface area contributed by atoms with Gasteiger partial charge in [0, 0.05) is 42.5 Å². The molecule has 10 heteroatoms. The van der Waals surface area contributed by atoms with Gasteiger partial charge in [-0.2, -0.15) is 13.2 Å². The first-order valence-corrected chi connectivity index (χ1v) is 12.9. The molecule has 3 aromatic heterocycles. The first-order chi connectivity index (χ1) is 17.3. The number of rotatable bonds is 6. The summed E-state index contributed by atoms with van der Waals surface area (Å²) >= 11 is 0. The van der Waals surface area contributed by atoms with Crippen LogP contribution in [0.4, 0.5) is 24.9 Å². The van der Waals surface area contributed by atoms with Crippen LogP contribution in [0.25, 0.3) is 16.6 Å². The van der Waals surface area contributed by atoms with Crippen LogP contribution in [0.2, 0.25) is 0 Å². The Hall–Kier alpha value is -2.88. The van der Waals surface area contributed by atoms with Crippen molar-refractivity contribution >= 4 is 17.3 Å². The van der Waals surface area contributed by atoms with Gasteiger partial charge in [0.25, 0.3) is 0 Å². The number of aliphatic hydroxyl groups excluding tert-OH is 1. The molecule has 3 aromatic rings. The Labute approximate surface area is 208 Å². The lowest BCUT2D eigenvalue weighted by atomic mass is 9.85. The van der Waals surface area contributed by atoms with E-state index in [0.29, 0.717) is 0 Å². The summed E-state index contributed by atoms with van der Waals surface area (Å²) in [6, 6.07) is 5.37. The number of pyridine rings is 1. The van der Waals surface area contributed by atoms with Crippen molar-refractivity contribution in [2.75, 3.05) is 23.3 Å². The van der Waals surface area contributed by atoms with Gasteiger partial charge < -0.3 is 15.3 Å². The predicted octanol–water partition coefficient (Wildman–Crippen LogP) is 5.55. The number of aliphatic hydroxyl groups is 1. The van der Waals surface area contributed by atoms with Gasteiger partial charge in [-0.1, -0.05) is 0 Å². The Kier molecular flexibility index (Phi) is 7.05. The Morgan fingerprint density at radius 2 is 1.83 bits per heavy atom. The lowest BCUT2D eigenvalue weighted by molar-refractivity contribution is -0.136. The SMILES string of the molecule is C[C@@H](CC(F)(F)F)Nc1ncc2c(-c3ccnc(N4CCCCC4)c3)cc(C3CCC(O)CC3)n2n1. The molecule has 0 unspecified atom stereocenters. The van der Waals surface area contributed by atoms with E-state index in [0.717, 1.165) is 79.8 Å². The Bertz CT molecular complexity index is 1180. The first-order valence-electron chi connectivity index (χ1n) is 12.9. The molecule has 7 nitrogen and oxygen atoms in total. The fourth-order valence-corrected chi connectivity index (χ4v) is 5.48. The van der Waals surface area contributed by atoms with Crippen LogP contribution in [-0.2, 0) is 0 Å². The average molecular weight is 503 g/mol. The lowest BCUT2D eigenvalue weighted by Gasteiger charge is -2.27. The Balaban J connectivity index is 1.52.